The van der Waals surface area contributed by atoms with Gasteiger partial charge in [0.05, 0.1) is 8.49 Å². The zero-order valence-electron chi connectivity index (χ0n) is 7.49. The second kappa shape index (κ2) is 3.44. The van der Waals surface area contributed by atoms with Crippen LogP contribution in [0.2, 0.25) is 0 Å². The molecule has 0 aromatic heterocycles. The normalized spacial score (nSPS) is 14.1. The molecule has 0 spiro atoms. The molecule has 1 N–H and O–H groups in total. The van der Waals surface area contributed by atoms with E-state index in [0.717, 1.165) is 5.56 Å². The minimum absolute atomic E-state index is 0.0917. The van der Waals surface area contributed by atoms with Crippen LogP contribution in [0.4, 0.5) is 5.69 Å². The van der Waals surface area contributed by atoms with E-state index in [-0.39, 0.29) is 11.5 Å². The van der Waals surface area contributed by atoms with Crippen molar-refractivity contribution in [1.29, 1.82) is 0 Å². The molecule has 0 heterocycles. The minimum Gasteiger partial charge on any atom is -0.501 e. The number of Topliss-reactive ketones (excluding diaryl/α,β-unsaturated/α-hetero) is 1. The van der Waals surface area contributed by atoms with Gasteiger partial charge in [0.1, 0.15) is 0 Å². The van der Waals surface area contributed by atoms with Crippen molar-refractivity contribution in [2.45, 2.75) is 12.8 Å². The van der Waals surface area contributed by atoms with E-state index in [1.54, 1.807) is 0 Å². The molecular formula is C9H6INO4. The van der Waals surface area contributed by atoms with Gasteiger partial charge in [-0.05, 0) is 34.6 Å². The van der Waals surface area contributed by atoms with Crippen molar-refractivity contribution in [2.24, 2.45) is 0 Å². The monoisotopic (exact) mass is 319 g/mol. The number of phenolic OH excluding ortho intramolecular Hbond substituents is 1. The molecule has 0 saturated carbocycles. The third kappa shape index (κ3) is 1.48. The fraction of sp³-hybridized carbons (Fsp3) is 0.222. The van der Waals surface area contributed by atoms with Crippen molar-refractivity contribution in [3.05, 3.63) is 30.9 Å². The summed E-state index contributed by atoms with van der Waals surface area (Å²) in [6.45, 7) is 0. The Balaban J connectivity index is 2.74. The SMILES string of the molecule is O=C1CCc2c1cc([N+](=O)[O-])c(O)c2I. The van der Waals surface area contributed by atoms with Crippen LogP contribution in [0.15, 0.2) is 6.07 Å². The molecule has 0 aliphatic heterocycles. The second-order valence-corrected chi connectivity index (χ2v) is 4.34. The molecule has 0 unspecified atom stereocenters. The van der Waals surface area contributed by atoms with E-state index in [9.17, 15) is 20.0 Å². The molecule has 0 atom stereocenters. The van der Waals surface area contributed by atoms with Crippen molar-refractivity contribution < 1.29 is 14.8 Å². The first-order valence-corrected chi connectivity index (χ1v) is 5.32. The zero-order valence-corrected chi connectivity index (χ0v) is 9.65. The molecule has 78 valence electrons. The first-order valence-electron chi connectivity index (χ1n) is 4.24. The highest BCUT2D eigenvalue weighted by Gasteiger charge is 2.29. The van der Waals surface area contributed by atoms with Crippen LogP contribution in [0.25, 0.3) is 0 Å². The fourth-order valence-electron chi connectivity index (χ4n) is 1.67. The largest absolute Gasteiger partial charge is 0.501 e. The van der Waals surface area contributed by atoms with Gasteiger partial charge in [-0.1, -0.05) is 0 Å². The van der Waals surface area contributed by atoms with Crippen LogP contribution in [0, 0.1) is 13.7 Å². The number of benzene rings is 1. The summed E-state index contributed by atoms with van der Waals surface area (Å²) in [4.78, 5) is 21.3. The van der Waals surface area contributed by atoms with Gasteiger partial charge in [-0.25, -0.2) is 0 Å². The van der Waals surface area contributed by atoms with Crippen molar-refractivity contribution in [3.63, 3.8) is 0 Å². The Hall–Kier alpha value is -1.18. The van der Waals surface area contributed by atoms with Crippen LogP contribution >= 0.6 is 22.6 Å². The fourth-order valence-corrected chi connectivity index (χ4v) is 2.51. The van der Waals surface area contributed by atoms with Gasteiger partial charge in [0, 0.05) is 18.1 Å². The topological polar surface area (TPSA) is 80.4 Å². The van der Waals surface area contributed by atoms with Gasteiger partial charge in [0.25, 0.3) is 0 Å². The molecule has 5 nitrogen and oxygen atoms in total. The third-order valence-corrected chi connectivity index (χ3v) is 3.58. The lowest BCUT2D eigenvalue weighted by molar-refractivity contribution is -0.386. The standard InChI is InChI=1S/C9H6INO4/c10-8-4-1-2-7(12)5(4)3-6(9(8)13)11(14)15/h3,13H,1-2H2. The van der Waals surface area contributed by atoms with Crippen LogP contribution in [0.3, 0.4) is 0 Å². The lowest BCUT2D eigenvalue weighted by Gasteiger charge is -2.04. The van der Waals surface area contributed by atoms with E-state index >= 15 is 0 Å². The van der Waals surface area contributed by atoms with Crippen molar-refractivity contribution in [2.75, 3.05) is 0 Å². The second-order valence-electron chi connectivity index (χ2n) is 3.26. The molecule has 6 heteroatoms. The Morgan fingerprint density at radius 2 is 2.13 bits per heavy atom. The number of nitro benzene ring substituents is 1. The molecule has 1 aromatic carbocycles. The summed E-state index contributed by atoms with van der Waals surface area (Å²) in [7, 11) is 0. The minimum atomic E-state index is -0.677. The number of hydrogen-bond donors (Lipinski definition) is 1. The highest BCUT2D eigenvalue weighted by molar-refractivity contribution is 14.1. The van der Waals surface area contributed by atoms with Gasteiger partial charge < -0.3 is 5.11 Å². The van der Waals surface area contributed by atoms with E-state index in [4.69, 9.17) is 0 Å². The number of carbonyl (C=O) groups excluding carboxylic acids is 1. The summed E-state index contributed by atoms with van der Waals surface area (Å²) in [6, 6.07) is 1.17. The van der Waals surface area contributed by atoms with E-state index in [2.05, 4.69) is 0 Å². The smallest absolute Gasteiger partial charge is 0.312 e. The predicted molar refractivity (Wildman–Crippen MR) is 60.1 cm³/mol. The van der Waals surface area contributed by atoms with Crippen LogP contribution in [0.5, 0.6) is 5.75 Å². The zero-order chi connectivity index (χ0) is 11.2. The predicted octanol–water partition coefficient (Wildman–Crippen LogP) is 2.03. The molecule has 2 rings (SSSR count). The Morgan fingerprint density at radius 3 is 2.73 bits per heavy atom. The number of halogens is 1. The number of aromatic hydroxyl groups is 1. The lowest BCUT2D eigenvalue weighted by Crippen LogP contribution is -1.98. The van der Waals surface area contributed by atoms with Crippen LogP contribution < -0.4 is 0 Å². The molecule has 0 radical (unpaired) electrons. The first kappa shape index (κ1) is 10.3. The van der Waals surface area contributed by atoms with Crippen LogP contribution in [-0.2, 0) is 6.42 Å². The number of carbonyl (C=O) groups is 1. The first-order chi connectivity index (χ1) is 7.02. The molecular weight excluding hydrogens is 313 g/mol. The van der Waals surface area contributed by atoms with Crippen LogP contribution in [0.1, 0.15) is 22.3 Å². The quantitative estimate of drug-likeness (QED) is 0.488. The number of ketones is 1. The summed E-state index contributed by atoms with van der Waals surface area (Å²) in [5, 5.41) is 20.2. The molecule has 1 aliphatic rings. The molecule has 0 amide bonds. The number of fused-ring (bicyclic) bond motifs is 1. The van der Waals surface area contributed by atoms with E-state index in [1.807, 2.05) is 22.6 Å². The maximum atomic E-state index is 11.4. The Kier molecular flexibility index (Phi) is 2.37. The summed E-state index contributed by atoms with van der Waals surface area (Å²) in [6.07, 6.45) is 0.921. The molecule has 0 saturated heterocycles. The van der Waals surface area contributed by atoms with Gasteiger partial charge in [-0.2, -0.15) is 0 Å². The van der Waals surface area contributed by atoms with Crippen molar-refractivity contribution in [3.8, 4) is 5.75 Å². The van der Waals surface area contributed by atoms with E-state index in [1.165, 1.54) is 6.07 Å². The van der Waals surface area contributed by atoms with Gasteiger partial charge in [-0.15, -0.1) is 0 Å². The maximum absolute atomic E-state index is 11.4. The summed E-state index contributed by atoms with van der Waals surface area (Å²) < 4.78 is 0.419. The van der Waals surface area contributed by atoms with Gasteiger partial charge in [0.2, 0.25) is 5.75 Å². The third-order valence-electron chi connectivity index (χ3n) is 2.42. The Labute approximate surface area is 98.4 Å². The van der Waals surface area contributed by atoms with Crippen molar-refractivity contribution in [1.82, 2.24) is 0 Å². The average molecular weight is 319 g/mol. The number of hydrogen-bond acceptors (Lipinski definition) is 4. The highest BCUT2D eigenvalue weighted by Crippen LogP contribution is 2.39. The number of rotatable bonds is 1. The van der Waals surface area contributed by atoms with E-state index < -0.39 is 10.6 Å². The molecule has 1 aliphatic carbocycles. The van der Waals surface area contributed by atoms with Gasteiger partial charge >= 0.3 is 5.69 Å². The van der Waals surface area contributed by atoms with Gasteiger partial charge in [0.15, 0.2) is 5.78 Å². The average Bonchev–Trinajstić information content (AvgIpc) is 2.53. The summed E-state index contributed by atoms with van der Waals surface area (Å²) in [5.41, 5.74) is 0.709. The number of nitro groups is 1. The Bertz CT molecular complexity index is 483. The molecule has 15 heavy (non-hydrogen) atoms. The van der Waals surface area contributed by atoms with Gasteiger partial charge in [-0.3, -0.25) is 14.9 Å². The van der Waals surface area contributed by atoms with E-state index in [0.29, 0.717) is 22.0 Å². The Morgan fingerprint density at radius 1 is 1.47 bits per heavy atom. The molecule has 1 aromatic rings. The molecule has 0 bridgehead atoms. The highest BCUT2D eigenvalue weighted by atomic mass is 127. The summed E-state index contributed by atoms with van der Waals surface area (Å²) >= 11 is 1.83. The number of phenols is 1. The maximum Gasteiger partial charge on any atom is 0.312 e. The number of nitrogens with zero attached hydrogens (tertiary/aromatic N) is 1. The summed E-state index contributed by atoms with van der Waals surface area (Å²) in [5.74, 6) is -0.430. The van der Waals surface area contributed by atoms with Crippen molar-refractivity contribution >= 4 is 34.1 Å². The van der Waals surface area contributed by atoms with Crippen LogP contribution in [-0.4, -0.2) is 15.8 Å². The lowest BCUT2D eigenvalue weighted by atomic mass is 10.1. The molecule has 0 fully saturated rings.